The first kappa shape index (κ1) is 20.4. The molecular weight excluding hydrogens is 432 g/mol. The average molecular weight is 446 g/mol. The first-order valence-corrected chi connectivity index (χ1v) is 9.00. The summed E-state index contributed by atoms with van der Waals surface area (Å²) >= 11 is 17.9. The predicted molar refractivity (Wildman–Crippen MR) is 94.2 cm³/mol. The zero-order valence-corrected chi connectivity index (χ0v) is 16.2. The van der Waals surface area contributed by atoms with E-state index < -0.39 is 45.2 Å². The van der Waals surface area contributed by atoms with Gasteiger partial charge >= 0.3 is 6.61 Å². The topological polar surface area (TPSA) is 49.9 Å². The van der Waals surface area contributed by atoms with Crippen molar-refractivity contribution in [3.05, 3.63) is 24.0 Å². The molecular formula is C16H14Cl3F3N2O3. The van der Waals surface area contributed by atoms with Crippen LogP contribution in [0.25, 0.3) is 0 Å². The van der Waals surface area contributed by atoms with E-state index in [0.717, 1.165) is 23.1 Å². The number of carbonyl (C=O) groups excluding carboxylic acids is 2. The van der Waals surface area contributed by atoms with E-state index in [2.05, 4.69) is 4.74 Å². The Morgan fingerprint density at radius 1 is 1.33 bits per heavy atom. The van der Waals surface area contributed by atoms with E-state index in [4.69, 9.17) is 34.8 Å². The number of carbonyl (C=O) groups is 2. The van der Waals surface area contributed by atoms with Gasteiger partial charge in [-0.1, -0.05) is 23.2 Å². The van der Waals surface area contributed by atoms with Crippen molar-refractivity contribution < 1.29 is 27.5 Å². The van der Waals surface area contributed by atoms with Crippen molar-refractivity contribution >= 4 is 52.3 Å². The molecule has 2 atom stereocenters. The lowest BCUT2D eigenvalue weighted by molar-refractivity contribution is -0.137. The van der Waals surface area contributed by atoms with Gasteiger partial charge in [0.1, 0.15) is 21.9 Å². The molecule has 1 aliphatic carbocycles. The molecule has 1 aromatic rings. The molecule has 2 fully saturated rings. The molecule has 5 nitrogen and oxygen atoms in total. The summed E-state index contributed by atoms with van der Waals surface area (Å²) < 4.78 is 41.3. The number of halogens is 6. The minimum absolute atomic E-state index is 0.0510. The summed E-state index contributed by atoms with van der Waals surface area (Å²) in [6.45, 7) is -2.98. The lowest BCUT2D eigenvalue weighted by atomic mass is 10.2. The van der Waals surface area contributed by atoms with Crippen LogP contribution >= 0.6 is 34.8 Å². The van der Waals surface area contributed by atoms with Crippen LogP contribution in [0.15, 0.2) is 18.2 Å². The maximum Gasteiger partial charge on any atom is 0.387 e. The second kappa shape index (κ2) is 6.90. The number of likely N-dealkylation sites (N-methyl/N-ethyl adjacent to an activating group) is 1. The van der Waals surface area contributed by atoms with Gasteiger partial charge < -0.3 is 14.5 Å². The molecule has 148 valence electrons. The highest BCUT2D eigenvalue weighted by Crippen LogP contribution is 2.62. The van der Waals surface area contributed by atoms with Crippen LogP contribution in [-0.2, 0) is 9.59 Å². The highest BCUT2D eigenvalue weighted by molar-refractivity contribution is 6.62. The second-order valence-electron chi connectivity index (χ2n) is 6.42. The van der Waals surface area contributed by atoms with E-state index in [-0.39, 0.29) is 25.1 Å². The monoisotopic (exact) mass is 444 g/mol. The lowest BCUT2D eigenvalue weighted by Gasteiger charge is -2.26. The summed E-state index contributed by atoms with van der Waals surface area (Å²) in [4.78, 5) is 26.1. The third-order valence-electron chi connectivity index (χ3n) is 4.62. The fraction of sp³-hybridized carbons (Fsp3) is 0.500. The molecule has 1 heterocycles. The van der Waals surface area contributed by atoms with Gasteiger partial charge in [-0.25, -0.2) is 4.39 Å². The van der Waals surface area contributed by atoms with Crippen LogP contribution < -0.4 is 9.64 Å². The standard InChI is InChI=1S/C16H14Cl3F3N2O3/c1-23(13(26)15(17)7-16(15,18)19)11-2-3-24(12(11)25)9-4-8(20)5-10(6-9)27-14(21)22/h4-6,11,14H,2-3,7H2,1H3. The van der Waals surface area contributed by atoms with Gasteiger partial charge in [-0.15, -0.1) is 11.6 Å². The van der Waals surface area contributed by atoms with Crippen molar-refractivity contribution in [2.45, 2.75) is 34.7 Å². The number of nitrogens with zero attached hydrogens (tertiary/aromatic N) is 2. The molecule has 1 saturated heterocycles. The van der Waals surface area contributed by atoms with Crippen LogP contribution in [0.4, 0.5) is 18.9 Å². The van der Waals surface area contributed by atoms with Gasteiger partial charge in [-0.05, 0) is 12.5 Å². The van der Waals surface area contributed by atoms with Crippen LogP contribution in [0, 0.1) is 5.82 Å². The maximum atomic E-state index is 13.7. The van der Waals surface area contributed by atoms with Gasteiger partial charge in [0.05, 0.1) is 5.69 Å². The summed E-state index contributed by atoms with van der Waals surface area (Å²) in [5.74, 6) is -2.34. The van der Waals surface area contributed by atoms with Gasteiger partial charge in [-0.2, -0.15) is 8.78 Å². The molecule has 11 heteroatoms. The Bertz CT molecular complexity index is 795. The van der Waals surface area contributed by atoms with Crippen molar-refractivity contribution in [2.24, 2.45) is 0 Å². The van der Waals surface area contributed by atoms with Crippen molar-refractivity contribution in [3.8, 4) is 5.75 Å². The fourth-order valence-electron chi connectivity index (χ4n) is 3.07. The second-order valence-corrected chi connectivity index (χ2v) is 8.55. The van der Waals surface area contributed by atoms with E-state index in [1.54, 1.807) is 0 Å². The first-order chi connectivity index (χ1) is 12.5. The predicted octanol–water partition coefficient (Wildman–Crippen LogP) is 3.55. The van der Waals surface area contributed by atoms with Crippen LogP contribution in [0.1, 0.15) is 12.8 Å². The highest BCUT2D eigenvalue weighted by atomic mass is 35.5. The summed E-state index contributed by atoms with van der Waals surface area (Å²) in [7, 11) is 1.40. The van der Waals surface area contributed by atoms with Crippen LogP contribution in [-0.4, -0.2) is 52.2 Å². The molecule has 27 heavy (non-hydrogen) atoms. The van der Waals surface area contributed by atoms with E-state index in [1.165, 1.54) is 11.9 Å². The maximum absolute atomic E-state index is 13.7. The highest BCUT2D eigenvalue weighted by Gasteiger charge is 2.72. The lowest BCUT2D eigenvalue weighted by Crippen LogP contribution is -2.47. The van der Waals surface area contributed by atoms with Crippen molar-refractivity contribution in [3.63, 3.8) is 0 Å². The van der Waals surface area contributed by atoms with Crippen molar-refractivity contribution in [2.75, 3.05) is 18.5 Å². The number of hydrogen-bond donors (Lipinski definition) is 0. The van der Waals surface area contributed by atoms with Gasteiger partial charge in [-0.3, -0.25) is 9.59 Å². The minimum atomic E-state index is -3.13. The number of rotatable bonds is 5. The molecule has 3 rings (SSSR count). The van der Waals surface area contributed by atoms with Gasteiger partial charge in [0, 0.05) is 32.1 Å². The molecule has 1 aliphatic heterocycles. The first-order valence-electron chi connectivity index (χ1n) is 7.87. The van der Waals surface area contributed by atoms with E-state index in [1.807, 2.05) is 0 Å². The van der Waals surface area contributed by atoms with Gasteiger partial charge in [0.15, 0.2) is 4.87 Å². The third kappa shape index (κ3) is 3.67. The molecule has 0 spiro atoms. The molecule has 2 amide bonds. The molecule has 0 radical (unpaired) electrons. The molecule has 2 unspecified atom stereocenters. The summed E-state index contributed by atoms with van der Waals surface area (Å²) in [6, 6.07) is 2.07. The number of hydrogen-bond acceptors (Lipinski definition) is 3. The third-order valence-corrected chi connectivity index (χ3v) is 6.34. The minimum Gasteiger partial charge on any atom is -0.435 e. The molecule has 0 bridgehead atoms. The normalized spacial score (nSPS) is 26.4. The molecule has 1 saturated carbocycles. The Labute approximate surface area is 167 Å². The van der Waals surface area contributed by atoms with Crippen LogP contribution in [0.3, 0.4) is 0 Å². The Morgan fingerprint density at radius 3 is 2.52 bits per heavy atom. The fourth-order valence-corrected chi connectivity index (χ4v) is 4.10. The summed E-state index contributed by atoms with van der Waals surface area (Å²) in [5, 5.41) is 0. The molecule has 1 aromatic carbocycles. The number of anilines is 1. The zero-order valence-electron chi connectivity index (χ0n) is 13.9. The van der Waals surface area contributed by atoms with E-state index in [0.29, 0.717) is 0 Å². The van der Waals surface area contributed by atoms with Gasteiger partial charge in [0.2, 0.25) is 11.8 Å². The summed E-state index contributed by atoms with van der Waals surface area (Å²) in [5.41, 5.74) is 0.0510. The molecule has 2 aliphatic rings. The smallest absolute Gasteiger partial charge is 0.387 e. The van der Waals surface area contributed by atoms with Crippen molar-refractivity contribution in [1.82, 2.24) is 4.90 Å². The molecule has 0 N–H and O–H groups in total. The number of ether oxygens (including phenoxy) is 1. The largest absolute Gasteiger partial charge is 0.435 e. The van der Waals surface area contributed by atoms with E-state index >= 15 is 0 Å². The van der Waals surface area contributed by atoms with Crippen LogP contribution in [0.2, 0.25) is 0 Å². The Morgan fingerprint density at radius 2 is 1.96 bits per heavy atom. The van der Waals surface area contributed by atoms with E-state index in [9.17, 15) is 22.8 Å². The van der Waals surface area contributed by atoms with Crippen molar-refractivity contribution in [1.29, 1.82) is 0 Å². The number of alkyl halides is 5. The number of amides is 2. The SMILES string of the molecule is CN(C(=O)C1(Cl)CC1(Cl)Cl)C1CCN(c2cc(F)cc(OC(F)F)c2)C1=O. The van der Waals surface area contributed by atoms with Gasteiger partial charge in [0.25, 0.3) is 0 Å². The Hall–Kier alpha value is -1.38. The zero-order chi connectivity index (χ0) is 20.1. The Kier molecular flexibility index (Phi) is 5.20. The number of benzene rings is 1. The molecule has 0 aromatic heterocycles. The quantitative estimate of drug-likeness (QED) is 0.652. The Balaban J connectivity index is 1.77. The van der Waals surface area contributed by atoms with Crippen LogP contribution in [0.5, 0.6) is 5.75 Å². The summed E-state index contributed by atoms with van der Waals surface area (Å²) in [6.07, 6.45) is 0.295. The average Bonchev–Trinajstić information content (AvgIpc) is 2.87.